The van der Waals surface area contributed by atoms with E-state index in [1.807, 2.05) is 11.8 Å². The molecule has 0 saturated heterocycles. The second kappa shape index (κ2) is 14.1. The van der Waals surface area contributed by atoms with Gasteiger partial charge in [0.1, 0.15) is 11.5 Å². The van der Waals surface area contributed by atoms with Crippen molar-refractivity contribution in [2.24, 2.45) is 0 Å². The number of hydrogen-bond donors (Lipinski definition) is 0. The minimum atomic E-state index is -2.90. The lowest BCUT2D eigenvalue weighted by atomic mass is 9.68. The van der Waals surface area contributed by atoms with Gasteiger partial charge in [-0.2, -0.15) is 0 Å². The summed E-state index contributed by atoms with van der Waals surface area (Å²) in [5, 5.41) is 7.79. The Labute approximate surface area is 372 Å². The third-order valence-electron chi connectivity index (χ3n) is 13.7. The molecule has 3 aliphatic rings. The Bertz CT molecular complexity index is 3280. The molecule has 296 valence electrons. The van der Waals surface area contributed by atoms with E-state index in [1.54, 1.807) is 0 Å². The van der Waals surface area contributed by atoms with E-state index in [2.05, 4.69) is 241 Å². The van der Waals surface area contributed by atoms with Crippen LogP contribution in [0.25, 0.3) is 21.9 Å². The fourth-order valence-corrected chi connectivity index (χ4v) is 18.3. The van der Waals surface area contributed by atoms with Crippen molar-refractivity contribution in [3.63, 3.8) is 0 Å². The van der Waals surface area contributed by atoms with Gasteiger partial charge in [-0.05, 0) is 114 Å². The van der Waals surface area contributed by atoms with Crippen molar-refractivity contribution in [1.29, 1.82) is 0 Å². The van der Waals surface area contributed by atoms with E-state index in [0.29, 0.717) is 0 Å². The summed E-state index contributed by atoms with van der Waals surface area (Å²) in [6.45, 7) is 0. The number of benzene rings is 10. The summed E-state index contributed by atoms with van der Waals surface area (Å²) in [7, 11) is -2.90. The molecule has 0 N–H and O–H groups in total. The minimum absolute atomic E-state index is 0.477. The Balaban J connectivity index is 1.06. The highest BCUT2D eigenvalue weighted by atomic mass is 32.2. The summed E-state index contributed by atoms with van der Waals surface area (Å²) in [5.41, 5.74) is 10.6. The van der Waals surface area contributed by atoms with Crippen molar-refractivity contribution in [1.82, 2.24) is 0 Å². The zero-order chi connectivity index (χ0) is 41.5. The first-order valence-corrected chi connectivity index (χ1v) is 24.5. The third kappa shape index (κ3) is 5.14. The van der Waals surface area contributed by atoms with Gasteiger partial charge in [0, 0.05) is 26.6 Å². The van der Waals surface area contributed by atoms with E-state index < -0.39 is 13.5 Å². The molecule has 0 atom stereocenters. The van der Waals surface area contributed by atoms with Crippen molar-refractivity contribution in [3.8, 4) is 22.6 Å². The van der Waals surface area contributed by atoms with Crippen LogP contribution < -0.4 is 30.4 Å². The number of hydrogen-bond acceptors (Lipinski definition) is 3. The molecule has 2 heterocycles. The first kappa shape index (κ1) is 36.3. The molecule has 10 aromatic carbocycles. The van der Waals surface area contributed by atoms with Crippen LogP contribution in [0, 0.1) is 0 Å². The van der Waals surface area contributed by atoms with Gasteiger partial charge in [-0.25, -0.2) is 0 Å². The first-order valence-electron chi connectivity index (χ1n) is 21.7. The van der Waals surface area contributed by atoms with Gasteiger partial charge < -0.3 is 9.64 Å². The van der Waals surface area contributed by atoms with Gasteiger partial charge in [-0.15, -0.1) is 0 Å². The molecule has 0 unspecified atom stereocenters. The highest BCUT2D eigenvalue weighted by Crippen LogP contribution is 2.56. The van der Waals surface area contributed by atoms with E-state index >= 15 is 0 Å². The molecular weight excluding hydrogens is 799 g/mol. The zero-order valence-electron chi connectivity index (χ0n) is 34.3. The van der Waals surface area contributed by atoms with Crippen LogP contribution >= 0.6 is 11.8 Å². The Morgan fingerprint density at radius 3 is 1.67 bits per heavy atom. The van der Waals surface area contributed by atoms with E-state index in [1.165, 1.54) is 74.7 Å². The lowest BCUT2D eigenvalue weighted by Crippen LogP contribution is -2.77. The van der Waals surface area contributed by atoms with Crippen LogP contribution in [0.15, 0.2) is 246 Å². The SMILES string of the molecule is c1ccc(C2(c3ccc(N(c4ccc5c(c4)[Si]4(c6ccccc6Oc6ccccc64)c4ccccc4S5)c4cccc5ccccc45)cc3)c3ccccc3-c3ccccc32)cc1. The molecular formula is C59H39NOSSi. The number of para-hydroxylation sites is 2. The summed E-state index contributed by atoms with van der Waals surface area (Å²) in [6, 6.07) is 87.8. The summed E-state index contributed by atoms with van der Waals surface area (Å²) in [5.74, 6) is 1.90. The van der Waals surface area contributed by atoms with E-state index in [4.69, 9.17) is 4.74 Å². The minimum Gasteiger partial charge on any atom is -0.458 e. The summed E-state index contributed by atoms with van der Waals surface area (Å²) >= 11 is 1.89. The molecule has 0 aromatic heterocycles. The van der Waals surface area contributed by atoms with Crippen LogP contribution in [-0.4, -0.2) is 8.07 Å². The van der Waals surface area contributed by atoms with Crippen LogP contribution in [0.3, 0.4) is 0 Å². The number of nitrogens with zero attached hydrogens (tertiary/aromatic N) is 1. The van der Waals surface area contributed by atoms with Crippen molar-refractivity contribution in [2.45, 2.75) is 15.2 Å². The molecule has 0 fully saturated rings. The van der Waals surface area contributed by atoms with E-state index in [-0.39, 0.29) is 0 Å². The largest absolute Gasteiger partial charge is 0.458 e. The maximum absolute atomic E-state index is 6.75. The fourth-order valence-electron chi connectivity index (χ4n) is 11.1. The molecule has 1 spiro atoms. The van der Waals surface area contributed by atoms with Gasteiger partial charge in [-0.1, -0.05) is 194 Å². The molecule has 1 aliphatic carbocycles. The smallest absolute Gasteiger partial charge is 0.190 e. The molecule has 0 saturated carbocycles. The molecule has 0 amide bonds. The Kier molecular flexibility index (Phi) is 8.11. The monoisotopic (exact) mass is 837 g/mol. The first-order chi connectivity index (χ1) is 31.2. The number of anilines is 3. The fraction of sp³-hybridized carbons (Fsp3) is 0.0169. The third-order valence-corrected chi connectivity index (χ3v) is 20.1. The highest BCUT2D eigenvalue weighted by Gasteiger charge is 2.52. The quantitative estimate of drug-likeness (QED) is 0.160. The number of rotatable bonds is 5. The van der Waals surface area contributed by atoms with Crippen LogP contribution in [0.4, 0.5) is 17.1 Å². The predicted molar refractivity (Wildman–Crippen MR) is 264 cm³/mol. The van der Waals surface area contributed by atoms with Crippen LogP contribution in [0.2, 0.25) is 0 Å². The number of ether oxygens (including phenoxy) is 1. The molecule has 63 heavy (non-hydrogen) atoms. The average molecular weight is 838 g/mol. The van der Waals surface area contributed by atoms with Crippen LogP contribution in [0.5, 0.6) is 11.5 Å². The maximum atomic E-state index is 6.75. The molecule has 2 aliphatic heterocycles. The van der Waals surface area contributed by atoms with Crippen molar-refractivity contribution in [2.75, 3.05) is 4.90 Å². The van der Waals surface area contributed by atoms with E-state index in [9.17, 15) is 0 Å². The lowest BCUT2D eigenvalue weighted by molar-refractivity contribution is 0.487. The van der Waals surface area contributed by atoms with Gasteiger partial charge >= 0.3 is 0 Å². The zero-order valence-corrected chi connectivity index (χ0v) is 36.1. The summed E-state index contributed by atoms with van der Waals surface area (Å²) < 4.78 is 6.75. The van der Waals surface area contributed by atoms with E-state index in [0.717, 1.165) is 28.6 Å². The predicted octanol–water partition coefficient (Wildman–Crippen LogP) is 12.6. The normalized spacial score (nSPS) is 14.3. The second-order valence-electron chi connectivity index (χ2n) is 16.7. The molecule has 13 rings (SSSR count). The topological polar surface area (TPSA) is 12.5 Å². The van der Waals surface area contributed by atoms with Crippen molar-refractivity contribution in [3.05, 3.63) is 259 Å². The molecule has 4 heteroatoms. The van der Waals surface area contributed by atoms with Gasteiger partial charge in [0.25, 0.3) is 0 Å². The van der Waals surface area contributed by atoms with Crippen LogP contribution in [0.1, 0.15) is 22.3 Å². The molecule has 10 aromatic rings. The number of fused-ring (bicyclic) bond motifs is 12. The van der Waals surface area contributed by atoms with Gasteiger partial charge in [-0.3, -0.25) is 0 Å². The van der Waals surface area contributed by atoms with Gasteiger partial charge in [0.05, 0.1) is 11.1 Å². The highest BCUT2D eigenvalue weighted by molar-refractivity contribution is 8.00. The van der Waals surface area contributed by atoms with Crippen molar-refractivity contribution >= 4 is 68.4 Å². The Morgan fingerprint density at radius 2 is 0.937 bits per heavy atom. The Hall–Kier alpha value is -7.37. The van der Waals surface area contributed by atoms with Crippen molar-refractivity contribution < 1.29 is 4.74 Å². The lowest BCUT2D eigenvalue weighted by Gasteiger charge is -2.43. The molecule has 0 bridgehead atoms. The standard InChI is InChI=1S/C59H39NOSSi/c1-2-19-41(20-3-1)59(48-24-8-6-22-46(48)47-23-7-9-25-49(47)59)42-33-35-43(36-34-42)60(50-26-16-18-40-17-4-5-21-45(40)50)44-37-38-54-58(39-44)63(57-32-15-12-29-53(57)62-54)55-30-13-10-27-51(55)61-52-28-11-14-31-56(52)63/h1-39H. The molecule has 0 radical (unpaired) electrons. The molecule has 2 nitrogen and oxygen atoms in total. The maximum Gasteiger partial charge on any atom is 0.190 e. The summed E-state index contributed by atoms with van der Waals surface area (Å²) in [6.07, 6.45) is 0. The van der Waals surface area contributed by atoms with Gasteiger partial charge in [0.2, 0.25) is 0 Å². The second-order valence-corrected chi connectivity index (χ2v) is 21.4. The summed E-state index contributed by atoms with van der Waals surface area (Å²) in [4.78, 5) is 5.11. The Morgan fingerprint density at radius 1 is 0.397 bits per heavy atom. The van der Waals surface area contributed by atoms with Crippen LogP contribution in [-0.2, 0) is 5.41 Å². The average Bonchev–Trinajstić information content (AvgIpc) is 3.66. The van der Waals surface area contributed by atoms with Gasteiger partial charge in [0.15, 0.2) is 8.07 Å².